The molecule has 0 aliphatic carbocycles. The fraction of sp³-hybridized carbons (Fsp3) is 0.0270. The summed E-state index contributed by atoms with van der Waals surface area (Å²) in [6.45, 7) is 0. The summed E-state index contributed by atoms with van der Waals surface area (Å²) in [6.07, 6.45) is -7.22. The lowest BCUT2D eigenvalue weighted by Gasteiger charge is -2.44. The first-order chi connectivity index (χ1) is 27.6. The van der Waals surface area contributed by atoms with Gasteiger partial charge in [0.15, 0.2) is 69.8 Å². The lowest BCUT2D eigenvalue weighted by molar-refractivity contribution is 0.378. The Morgan fingerprint density at radius 1 is 0.254 bits per heavy atom. The maximum Gasteiger partial charge on any atom is 0.200 e. The van der Waals surface area contributed by atoms with Crippen LogP contribution in [-0.4, -0.2) is 6.15 Å². The van der Waals surface area contributed by atoms with Crippen molar-refractivity contribution < 1.29 is 87.8 Å². The second-order valence-electron chi connectivity index (χ2n) is 12.2. The van der Waals surface area contributed by atoms with Crippen molar-refractivity contribution in [3.8, 4) is 0 Å². The second kappa shape index (κ2) is 16.6. The van der Waals surface area contributed by atoms with Crippen LogP contribution in [0.4, 0.5) is 87.8 Å². The molecule has 59 heavy (non-hydrogen) atoms. The molecule has 0 spiro atoms. The lowest BCUT2D eigenvalue weighted by atomic mass is 9.12. The van der Waals surface area contributed by atoms with E-state index in [1.807, 2.05) is 9.24 Å². The first kappa shape index (κ1) is 44.5. The molecule has 0 radical (unpaired) electrons. The molecule has 0 fully saturated rings. The van der Waals surface area contributed by atoms with Gasteiger partial charge in [0.25, 0.3) is 0 Å². The molecule has 0 saturated heterocycles. The van der Waals surface area contributed by atoms with E-state index in [1.165, 1.54) is 11.1 Å². The molecule has 6 rings (SSSR count). The van der Waals surface area contributed by atoms with E-state index in [2.05, 4.69) is 60.7 Å². The Labute approximate surface area is 318 Å². The number of rotatable bonds is 6. The van der Waals surface area contributed by atoms with Gasteiger partial charge in [0, 0.05) is 0 Å². The van der Waals surface area contributed by atoms with Crippen LogP contribution < -0.4 is 21.9 Å². The summed E-state index contributed by atoms with van der Waals surface area (Å²) in [4.78, 5) is 0. The molecular weight excluding hydrogens is 866 g/mol. The summed E-state index contributed by atoms with van der Waals surface area (Å²) in [5, 5.41) is 0. The Balaban J connectivity index is 0.000000395. The topological polar surface area (TPSA) is 0 Å². The minimum atomic E-state index is -7.22. The standard InChI is InChI=1S/C24BF20.C13H13P/c26-5-1(6(27)14(35)21(42)13(5)34)25(2-7(28)15(36)22(43)16(37)8(2)29,3-9(30)17(38)23(44)18(39)10(3)31)4-11(32)19(40)24(45)20(41)12(4)33;14-13(11-7-3-1-4-8-11)12-9-5-2-6-10-12/h;1-10,13H,14H2/q-1;/p+1. The smallest absolute Gasteiger partial charge is 0.200 e. The van der Waals surface area contributed by atoms with Crippen molar-refractivity contribution in [2.75, 3.05) is 0 Å². The van der Waals surface area contributed by atoms with Gasteiger partial charge in [0.05, 0.1) is 0 Å². The van der Waals surface area contributed by atoms with Gasteiger partial charge in [0.1, 0.15) is 58.3 Å². The SMILES string of the molecule is Fc1c(F)c(F)c([B-](c2c(F)c(F)c(F)c(F)c2F)(c2c(F)c(F)c(F)c(F)c2F)c2c(F)c(F)c(F)c(F)c2F)c(F)c1F.[PH3+]C(c1ccccc1)c1ccccc1. The first-order valence-electron chi connectivity index (χ1n) is 15.7. The van der Waals surface area contributed by atoms with E-state index in [-0.39, 0.29) is 0 Å². The third-order valence-electron chi connectivity index (χ3n) is 9.11. The number of halogens is 20. The molecule has 1 atom stereocenters. The highest BCUT2D eigenvalue weighted by molar-refractivity contribution is 7.20. The predicted octanol–water partition coefficient (Wildman–Crippen LogP) is 9.23. The molecule has 0 N–H and O–H groups in total. The molecule has 0 bridgehead atoms. The zero-order chi connectivity index (χ0) is 44.2. The van der Waals surface area contributed by atoms with Crippen LogP contribution in [0.15, 0.2) is 60.7 Å². The Morgan fingerprint density at radius 3 is 0.576 bits per heavy atom. The van der Waals surface area contributed by atoms with E-state index in [1.54, 1.807) is 0 Å². The monoisotopic (exact) mass is 880 g/mol. The van der Waals surface area contributed by atoms with Crippen LogP contribution in [0.3, 0.4) is 0 Å². The molecule has 1 unspecified atom stereocenters. The summed E-state index contributed by atoms with van der Waals surface area (Å²) in [6, 6.07) is 21.2. The van der Waals surface area contributed by atoms with Gasteiger partial charge in [-0.25, -0.2) is 87.8 Å². The van der Waals surface area contributed by atoms with Crippen molar-refractivity contribution in [3.05, 3.63) is 188 Å². The average molecular weight is 880 g/mol. The largest absolute Gasteiger partial charge is 0.207 e. The normalized spacial score (nSPS) is 11.7. The van der Waals surface area contributed by atoms with Crippen molar-refractivity contribution >= 4 is 37.2 Å². The van der Waals surface area contributed by atoms with Crippen LogP contribution in [0.1, 0.15) is 16.8 Å². The Morgan fingerprint density at radius 2 is 0.407 bits per heavy atom. The van der Waals surface area contributed by atoms with E-state index in [0.717, 1.165) is 0 Å². The molecule has 0 aromatic heterocycles. The fourth-order valence-electron chi connectivity index (χ4n) is 6.44. The summed E-state index contributed by atoms with van der Waals surface area (Å²) in [7, 11) is 2.03. The average Bonchev–Trinajstić information content (AvgIpc) is 3.24. The molecule has 6 aromatic rings. The molecule has 22 heteroatoms. The molecule has 0 nitrogen and oxygen atoms in total. The van der Waals surface area contributed by atoms with Gasteiger partial charge in [-0.05, 0) is 20.4 Å². The van der Waals surface area contributed by atoms with E-state index in [4.69, 9.17) is 0 Å². The summed E-state index contributed by atoms with van der Waals surface area (Å²) >= 11 is 0. The van der Waals surface area contributed by atoms with Crippen molar-refractivity contribution in [1.82, 2.24) is 0 Å². The van der Waals surface area contributed by atoms with Gasteiger partial charge >= 0.3 is 0 Å². The molecule has 0 amide bonds. The highest BCUT2D eigenvalue weighted by Gasteiger charge is 2.52. The van der Waals surface area contributed by atoms with Crippen molar-refractivity contribution in [3.63, 3.8) is 0 Å². The second-order valence-corrected chi connectivity index (χ2v) is 13.0. The van der Waals surface area contributed by atoms with E-state index in [9.17, 15) is 52.7 Å². The quantitative estimate of drug-likeness (QED) is 0.0515. The van der Waals surface area contributed by atoms with Crippen LogP contribution in [-0.2, 0) is 0 Å². The van der Waals surface area contributed by atoms with Crippen molar-refractivity contribution in [1.29, 1.82) is 0 Å². The Hall–Kier alpha value is -5.59. The minimum absolute atomic E-state index is 0.511. The van der Waals surface area contributed by atoms with Gasteiger partial charge in [-0.1, -0.05) is 60.7 Å². The van der Waals surface area contributed by atoms with Crippen LogP contribution in [0.2, 0.25) is 0 Å². The van der Waals surface area contributed by atoms with Crippen LogP contribution in [0.25, 0.3) is 0 Å². The van der Waals surface area contributed by atoms with Gasteiger partial charge < -0.3 is 0 Å². The molecule has 6 aromatic carbocycles. The Bertz CT molecular complexity index is 2200. The maximum absolute atomic E-state index is 15.4. The highest BCUT2D eigenvalue weighted by Crippen LogP contribution is 2.32. The Kier molecular flexibility index (Phi) is 12.5. The van der Waals surface area contributed by atoms with Crippen molar-refractivity contribution in [2.45, 2.75) is 5.66 Å². The summed E-state index contributed by atoms with van der Waals surface area (Å²) in [5.41, 5.74) is -11.0. The number of hydrogen-bond donors (Lipinski definition) is 0. The zero-order valence-corrected chi connectivity index (χ0v) is 29.6. The maximum atomic E-state index is 15.4. The summed E-state index contributed by atoms with van der Waals surface area (Å²) < 4.78 is 294. The predicted molar refractivity (Wildman–Crippen MR) is 175 cm³/mol. The highest BCUT2D eigenvalue weighted by atomic mass is 31.0. The van der Waals surface area contributed by atoms with Crippen LogP contribution in [0, 0.1) is 116 Å². The van der Waals surface area contributed by atoms with Gasteiger partial charge in [0.2, 0.25) is 0 Å². The minimum Gasteiger partial charge on any atom is -0.207 e. The van der Waals surface area contributed by atoms with E-state index < -0.39 is 144 Å². The molecule has 0 heterocycles. The number of benzene rings is 6. The van der Waals surface area contributed by atoms with Crippen LogP contribution in [0.5, 0.6) is 0 Å². The third kappa shape index (κ3) is 6.95. The van der Waals surface area contributed by atoms with Gasteiger partial charge in [-0.15, -0.1) is 21.9 Å². The van der Waals surface area contributed by atoms with Gasteiger partial charge in [-0.2, -0.15) is 0 Å². The van der Waals surface area contributed by atoms with Gasteiger partial charge in [-0.3, -0.25) is 0 Å². The molecule has 0 saturated carbocycles. The van der Waals surface area contributed by atoms with E-state index >= 15 is 35.1 Å². The summed E-state index contributed by atoms with van der Waals surface area (Å²) in [5.74, 6) is -71.4. The molecular formula is C37H14BF20P. The zero-order valence-electron chi connectivity index (χ0n) is 28.2. The van der Waals surface area contributed by atoms with Crippen LogP contribution >= 0.6 is 9.24 Å². The lowest BCUT2D eigenvalue weighted by Crippen LogP contribution is -2.81. The van der Waals surface area contributed by atoms with Crippen molar-refractivity contribution in [2.24, 2.45) is 0 Å². The molecule has 310 valence electrons. The fourth-order valence-corrected chi connectivity index (χ4v) is 6.98. The first-order valence-corrected chi connectivity index (χ1v) is 16.6. The third-order valence-corrected chi connectivity index (χ3v) is 10.1. The van der Waals surface area contributed by atoms with E-state index in [0.29, 0.717) is 5.66 Å². The number of hydrogen-bond acceptors (Lipinski definition) is 0. The molecule has 0 aliphatic rings. The molecule has 0 aliphatic heterocycles.